The third kappa shape index (κ3) is 4.15. The molecule has 1 aliphatic heterocycles. The van der Waals surface area contributed by atoms with Crippen LogP contribution in [-0.2, 0) is 11.3 Å². The van der Waals surface area contributed by atoms with Crippen LogP contribution >= 0.6 is 0 Å². The maximum atomic E-state index is 13.4. The summed E-state index contributed by atoms with van der Waals surface area (Å²) >= 11 is 0. The van der Waals surface area contributed by atoms with E-state index in [9.17, 15) is 9.59 Å². The zero-order valence-corrected chi connectivity index (χ0v) is 17.9. The van der Waals surface area contributed by atoms with E-state index >= 15 is 0 Å². The number of rotatable bonds is 5. The molecule has 2 amide bonds. The van der Waals surface area contributed by atoms with E-state index in [1.165, 1.54) is 6.42 Å². The van der Waals surface area contributed by atoms with Gasteiger partial charge in [-0.2, -0.15) is 5.10 Å². The van der Waals surface area contributed by atoms with Gasteiger partial charge in [0.1, 0.15) is 6.04 Å². The number of carbonyl (C=O) groups is 2. The summed E-state index contributed by atoms with van der Waals surface area (Å²) in [6, 6.07) is 16.5. The van der Waals surface area contributed by atoms with Crippen LogP contribution in [0.3, 0.4) is 0 Å². The second kappa shape index (κ2) is 8.94. The molecule has 1 aliphatic carbocycles. The Hall–Kier alpha value is -3.48. The smallest absolute Gasteiger partial charge is 0.254 e. The molecular weight excluding hydrogens is 402 g/mol. The number of pyridine rings is 1. The van der Waals surface area contributed by atoms with Gasteiger partial charge < -0.3 is 10.2 Å². The fourth-order valence-electron chi connectivity index (χ4n) is 5.10. The standard InChI is InChI=1S/C25H27N5O2/c31-24(27-23-13-15-29(28-23)17-20-11-6-7-14-26-20)22-16-19-10-4-5-12-21(19)30(22)25(32)18-8-2-1-3-9-18/h1-3,6-9,11,13-15,19,21-22H,4-5,10,12,16-17H2,(H,27,28,31). The van der Waals surface area contributed by atoms with E-state index in [0.717, 1.165) is 25.0 Å². The van der Waals surface area contributed by atoms with Crippen molar-refractivity contribution in [1.29, 1.82) is 0 Å². The second-order valence-corrected chi connectivity index (χ2v) is 8.65. The van der Waals surface area contributed by atoms with Crippen LogP contribution < -0.4 is 5.32 Å². The van der Waals surface area contributed by atoms with Crippen molar-refractivity contribution in [1.82, 2.24) is 19.7 Å². The molecule has 164 valence electrons. The molecule has 1 saturated carbocycles. The Morgan fingerprint density at radius 3 is 2.62 bits per heavy atom. The minimum Gasteiger partial charge on any atom is -0.323 e. The minimum absolute atomic E-state index is 0.0548. The molecule has 1 aromatic carbocycles. The van der Waals surface area contributed by atoms with E-state index < -0.39 is 6.04 Å². The average molecular weight is 430 g/mol. The number of hydrogen-bond donors (Lipinski definition) is 1. The van der Waals surface area contributed by atoms with Crippen molar-refractivity contribution in [3.8, 4) is 0 Å². The molecule has 7 heteroatoms. The number of carbonyl (C=O) groups excluding carboxylic acids is 2. The lowest BCUT2D eigenvalue weighted by atomic mass is 9.84. The molecule has 32 heavy (non-hydrogen) atoms. The summed E-state index contributed by atoms with van der Waals surface area (Å²) in [6.45, 7) is 0.531. The molecule has 0 spiro atoms. The van der Waals surface area contributed by atoms with Crippen molar-refractivity contribution in [3.05, 3.63) is 78.2 Å². The molecule has 0 radical (unpaired) electrons. The van der Waals surface area contributed by atoms with Gasteiger partial charge in [-0.1, -0.05) is 37.1 Å². The van der Waals surface area contributed by atoms with Gasteiger partial charge in [-0.3, -0.25) is 19.3 Å². The minimum atomic E-state index is -0.475. The first-order valence-electron chi connectivity index (χ1n) is 11.3. The van der Waals surface area contributed by atoms with E-state index in [0.29, 0.717) is 30.3 Å². The zero-order chi connectivity index (χ0) is 21.9. The largest absolute Gasteiger partial charge is 0.323 e. The summed E-state index contributed by atoms with van der Waals surface area (Å²) < 4.78 is 1.75. The third-order valence-corrected chi connectivity index (χ3v) is 6.59. The summed E-state index contributed by atoms with van der Waals surface area (Å²) in [5.41, 5.74) is 1.53. The third-order valence-electron chi connectivity index (χ3n) is 6.59. The Morgan fingerprint density at radius 1 is 1.00 bits per heavy atom. The number of nitrogens with one attached hydrogen (secondary N) is 1. The van der Waals surface area contributed by atoms with Gasteiger partial charge in [0.15, 0.2) is 5.82 Å². The molecule has 3 atom stereocenters. The van der Waals surface area contributed by atoms with Crippen LogP contribution in [0.25, 0.3) is 0 Å². The molecule has 3 unspecified atom stereocenters. The topological polar surface area (TPSA) is 80.1 Å². The van der Waals surface area contributed by atoms with Crippen LogP contribution in [0.1, 0.15) is 48.2 Å². The molecule has 7 nitrogen and oxygen atoms in total. The lowest BCUT2D eigenvalue weighted by molar-refractivity contribution is -0.120. The Bertz CT molecular complexity index is 1080. The van der Waals surface area contributed by atoms with Crippen molar-refractivity contribution in [2.45, 2.75) is 50.7 Å². The Balaban J connectivity index is 1.33. The summed E-state index contributed by atoms with van der Waals surface area (Å²) in [5.74, 6) is 0.661. The monoisotopic (exact) mass is 429 g/mol. The number of aromatic nitrogens is 3. The molecule has 3 heterocycles. The lowest BCUT2D eigenvalue weighted by Gasteiger charge is -2.33. The van der Waals surface area contributed by atoms with E-state index in [-0.39, 0.29) is 17.9 Å². The first-order chi connectivity index (χ1) is 15.7. The van der Waals surface area contributed by atoms with Gasteiger partial charge in [0.2, 0.25) is 5.91 Å². The first kappa shape index (κ1) is 20.4. The molecule has 2 aromatic heterocycles. The van der Waals surface area contributed by atoms with Crippen molar-refractivity contribution in [3.63, 3.8) is 0 Å². The fraction of sp³-hybridized carbons (Fsp3) is 0.360. The van der Waals surface area contributed by atoms with Gasteiger partial charge in [-0.05, 0) is 49.4 Å². The predicted molar refractivity (Wildman–Crippen MR) is 121 cm³/mol. The summed E-state index contributed by atoms with van der Waals surface area (Å²) in [4.78, 5) is 32.9. The first-order valence-corrected chi connectivity index (χ1v) is 11.3. The summed E-state index contributed by atoms with van der Waals surface area (Å²) in [7, 11) is 0. The van der Waals surface area contributed by atoms with E-state index in [1.54, 1.807) is 16.9 Å². The molecular formula is C25H27N5O2. The van der Waals surface area contributed by atoms with Crippen molar-refractivity contribution in [2.24, 2.45) is 5.92 Å². The highest BCUT2D eigenvalue weighted by molar-refractivity contribution is 6.01. The van der Waals surface area contributed by atoms with Crippen LogP contribution in [0.5, 0.6) is 0 Å². The number of nitrogens with zero attached hydrogens (tertiary/aromatic N) is 4. The normalized spacial score (nSPS) is 22.4. The van der Waals surface area contributed by atoms with Gasteiger partial charge in [0.25, 0.3) is 5.91 Å². The second-order valence-electron chi connectivity index (χ2n) is 8.65. The van der Waals surface area contributed by atoms with Gasteiger partial charge >= 0.3 is 0 Å². The number of anilines is 1. The maximum Gasteiger partial charge on any atom is 0.254 e. The van der Waals surface area contributed by atoms with Crippen LogP contribution in [0.2, 0.25) is 0 Å². The number of likely N-dealkylation sites (tertiary alicyclic amines) is 1. The van der Waals surface area contributed by atoms with Gasteiger partial charge in [0, 0.05) is 30.1 Å². The van der Waals surface area contributed by atoms with Crippen LogP contribution in [0.15, 0.2) is 67.0 Å². The molecule has 2 fully saturated rings. The summed E-state index contributed by atoms with van der Waals surface area (Å²) in [5, 5.41) is 7.43. The predicted octanol–water partition coefficient (Wildman–Crippen LogP) is 3.74. The van der Waals surface area contributed by atoms with E-state index in [1.807, 2.05) is 59.6 Å². The van der Waals surface area contributed by atoms with Crippen molar-refractivity contribution >= 4 is 17.6 Å². The maximum absolute atomic E-state index is 13.4. The fourth-order valence-corrected chi connectivity index (χ4v) is 5.10. The van der Waals surface area contributed by atoms with Crippen molar-refractivity contribution < 1.29 is 9.59 Å². The van der Waals surface area contributed by atoms with Crippen LogP contribution in [0, 0.1) is 5.92 Å². The zero-order valence-electron chi connectivity index (χ0n) is 17.9. The number of benzene rings is 1. The molecule has 1 saturated heterocycles. The highest BCUT2D eigenvalue weighted by Gasteiger charge is 2.47. The molecule has 0 bridgehead atoms. The quantitative estimate of drug-likeness (QED) is 0.670. The Labute approximate surface area is 187 Å². The average Bonchev–Trinajstić information content (AvgIpc) is 3.44. The number of hydrogen-bond acceptors (Lipinski definition) is 4. The Morgan fingerprint density at radius 2 is 1.81 bits per heavy atom. The van der Waals surface area contributed by atoms with Gasteiger partial charge in [-0.25, -0.2) is 0 Å². The SMILES string of the molecule is O=C(Nc1ccn(Cc2ccccn2)n1)C1CC2CCCCC2N1C(=O)c1ccccc1. The van der Waals surface area contributed by atoms with Gasteiger partial charge in [-0.15, -0.1) is 0 Å². The summed E-state index contributed by atoms with van der Waals surface area (Å²) in [6.07, 6.45) is 8.60. The highest BCUT2D eigenvalue weighted by atomic mass is 16.2. The lowest BCUT2D eigenvalue weighted by Crippen LogP contribution is -2.47. The van der Waals surface area contributed by atoms with E-state index in [4.69, 9.17) is 0 Å². The number of amides is 2. The van der Waals surface area contributed by atoms with Crippen molar-refractivity contribution in [2.75, 3.05) is 5.32 Å². The molecule has 5 rings (SSSR count). The highest BCUT2D eigenvalue weighted by Crippen LogP contribution is 2.40. The molecule has 3 aromatic rings. The van der Waals surface area contributed by atoms with Gasteiger partial charge in [0.05, 0.1) is 12.2 Å². The molecule has 2 aliphatic rings. The van der Waals surface area contributed by atoms with Crippen LogP contribution in [0.4, 0.5) is 5.82 Å². The Kier molecular flexibility index (Phi) is 5.71. The van der Waals surface area contributed by atoms with Crippen LogP contribution in [-0.4, -0.2) is 43.6 Å². The molecule has 1 N–H and O–H groups in total. The van der Waals surface area contributed by atoms with E-state index in [2.05, 4.69) is 15.4 Å². The number of fused-ring (bicyclic) bond motifs is 1.